The van der Waals surface area contributed by atoms with E-state index in [1.54, 1.807) is 41.2 Å². The SMILES string of the molecule is COc1ccc(S)cc1NC(=O)c1ccc(Cn2cccn2)o1. The number of thiol groups is 1. The van der Waals surface area contributed by atoms with Crippen LogP contribution in [0.3, 0.4) is 0 Å². The monoisotopic (exact) mass is 329 g/mol. The van der Waals surface area contributed by atoms with Crippen LogP contribution in [0.25, 0.3) is 0 Å². The third kappa shape index (κ3) is 3.57. The summed E-state index contributed by atoms with van der Waals surface area (Å²) in [7, 11) is 1.54. The van der Waals surface area contributed by atoms with Crippen molar-refractivity contribution < 1.29 is 13.9 Å². The van der Waals surface area contributed by atoms with E-state index in [4.69, 9.17) is 9.15 Å². The smallest absolute Gasteiger partial charge is 0.291 e. The molecular weight excluding hydrogens is 314 g/mol. The van der Waals surface area contributed by atoms with E-state index in [1.165, 1.54) is 7.11 Å². The second kappa shape index (κ2) is 6.62. The van der Waals surface area contributed by atoms with Gasteiger partial charge in [-0.15, -0.1) is 12.6 Å². The van der Waals surface area contributed by atoms with Gasteiger partial charge in [-0.25, -0.2) is 0 Å². The van der Waals surface area contributed by atoms with E-state index in [1.807, 2.05) is 12.3 Å². The number of carbonyl (C=O) groups excluding carboxylic acids is 1. The highest BCUT2D eigenvalue weighted by atomic mass is 32.1. The molecule has 0 aliphatic carbocycles. The molecule has 23 heavy (non-hydrogen) atoms. The number of rotatable bonds is 5. The van der Waals surface area contributed by atoms with E-state index in [-0.39, 0.29) is 11.7 Å². The molecule has 1 N–H and O–H groups in total. The molecule has 0 fully saturated rings. The molecule has 6 nitrogen and oxygen atoms in total. The summed E-state index contributed by atoms with van der Waals surface area (Å²) in [5.41, 5.74) is 0.537. The van der Waals surface area contributed by atoms with Crippen LogP contribution in [0.5, 0.6) is 5.75 Å². The molecule has 3 rings (SSSR count). The number of hydrogen-bond donors (Lipinski definition) is 2. The zero-order chi connectivity index (χ0) is 16.2. The first-order chi connectivity index (χ1) is 11.2. The Kier molecular flexibility index (Phi) is 4.38. The Labute approximate surface area is 138 Å². The van der Waals surface area contributed by atoms with Gasteiger partial charge >= 0.3 is 0 Å². The van der Waals surface area contributed by atoms with Crippen LogP contribution in [0.15, 0.2) is 58.1 Å². The number of anilines is 1. The summed E-state index contributed by atoms with van der Waals surface area (Å²) in [4.78, 5) is 13.0. The van der Waals surface area contributed by atoms with E-state index in [0.29, 0.717) is 23.7 Å². The zero-order valence-corrected chi connectivity index (χ0v) is 13.3. The fourth-order valence-corrected chi connectivity index (χ4v) is 2.32. The van der Waals surface area contributed by atoms with Gasteiger partial charge in [0, 0.05) is 17.3 Å². The van der Waals surface area contributed by atoms with Crippen molar-refractivity contribution in [3.8, 4) is 5.75 Å². The first kappa shape index (κ1) is 15.2. The van der Waals surface area contributed by atoms with Crippen LogP contribution in [-0.2, 0) is 6.54 Å². The maximum atomic E-state index is 12.3. The van der Waals surface area contributed by atoms with Crippen LogP contribution in [0.2, 0.25) is 0 Å². The van der Waals surface area contributed by atoms with Crippen molar-refractivity contribution in [3.05, 3.63) is 60.3 Å². The van der Waals surface area contributed by atoms with E-state index in [9.17, 15) is 4.79 Å². The number of aromatic nitrogens is 2. The van der Waals surface area contributed by atoms with Gasteiger partial charge in [0.2, 0.25) is 0 Å². The average molecular weight is 329 g/mol. The van der Waals surface area contributed by atoms with Crippen molar-refractivity contribution in [2.75, 3.05) is 12.4 Å². The fourth-order valence-electron chi connectivity index (χ4n) is 2.12. The third-order valence-corrected chi connectivity index (χ3v) is 3.47. The molecular formula is C16H15N3O3S. The topological polar surface area (TPSA) is 69.3 Å². The number of nitrogens with one attached hydrogen (secondary N) is 1. The maximum Gasteiger partial charge on any atom is 0.291 e. The summed E-state index contributed by atoms with van der Waals surface area (Å²) in [6.07, 6.45) is 3.51. The van der Waals surface area contributed by atoms with Crippen molar-refractivity contribution in [2.45, 2.75) is 11.4 Å². The largest absolute Gasteiger partial charge is 0.495 e. The lowest BCUT2D eigenvalue weighted by molar-refractivity contribution is 0.0994. The fraction of sp³-hybridized carbons (Fsp3) is 0.125. The lowest BCUT2D eigenvalue weighted by Crippen LogP contribution is -2.11. The number of nitrogens with zero attached hydrogens (tertiary/aromatic N) is 2. The molecule has 0 saturated heterocycles. The highest BCUT2D eigenvalue weighted by Gasteiger charge is 2.14. The molecule has 0 spiro atoms. The molecule has 1 aromatic carbocycles. The molecule has 0 radical (unpaired) electrons. The molecule has 7 heteroatoms. The molecule has 2 aromatic heterocycles. The Balaban J connectivity index is 1.74. The predicted molar refractivity (Wildman–Crippen MR) is 88.2 cm³/mol. The Morgan fingerprint density at radius 3 is 3.00 bits per heavy atom. The minimum Gasteiger partial charge on any atom is -0.495 e. The summed E-state index contributed by atoms with van der Waals surface area (Å²) in [6, 6.07) is 10.4. The lowest BCUT2D eigenvalue weighted by atomic mass is 10.3. The summed E-state index contributed by atoms with van der Waals surface area (Å²) in [6.45, 7) is 0.468. The molecule has 0 bridgehead atoms. The molecule has 2 heterocycles. The lowest BCUT2D eigenvalue weighted by Gasteiger charge is -2.09. The number of benzene rings is 1. The molecule has 0 unspecified atom stereocenters. The molecule has 0 saturated carbocycles. The van der Waals surface area contributed by atoms with Crippen molar-refractivity contribution >= 4 is 24.2 Å². The molecule has 0 atom stereocenters. The average Bonchev–Trinajstić information content (AvgIpc) is 3.20. The summed E-state index contributed by atoms with van der Waals surface area (Å²) in [5.74, 6) is 1.07. The van der Waals surface area contributed by atoms with Crippen molar-refractivity contribution in [2.24, 2.45) is 0 Å². The van der Waals surface area contributed by atoms with E-state index >= 15 is 0 Å². The third-order valence-electron chi connectivity index (χ3n) is 3.19. The number of methoxy groups -OCH3 is 1. The van der Waals surface area contributed by atoms with Crippen LogP contribution in [-0.4, -0.2) is 22.8 Å². The van der Waals surface area contributed by atoms with Crippen LogP contribution in [0, 0.1) is 0 Å². The minimum atomic E-state index is -0.353. The normalized spacial score (nSPS) is 10.5. The minimum absolute atomic E-state index is 0.221. The van der Waals surface area contributed by atoms with Gasteiger partial charge in [0.15, 0.2) is 5.76 Å². The van der Waals surface area contributed by atoms with E-state index < -0.39 is 0 Å². The Bertz CT molecular complexity index is 812. The van der Waals surface area contributed by atoms with Gasteiger partial charge in [0.05, 0.1) is 19.3 Å². The number of furan rings is 1. The van der Waals surface area contributed by atoms with Crippen LogP contribution in [0.4, 0.5) is 5.69 Å². The van der Waals surface area contributed by atoms with Crippen molar-refractivity contribution in [1.82, 2.24) is 9.78 Å². The van der Waals surface area contributed by atoms with E-state index in [0.717, 1.165) is 4.90 Å². The van der Waals surface area contributed by atoms with Crippen molar-refractivity contribution in [1.29, 1.82) is 0 Å². The van der Waals surface area contributed by atoms with Gasteiger partial charge in [-0.3, -0.25) is 9.48 Å². The van der Waals surface area contributed by atoms with Crippen molar-refractivity contribution in [3.63, 3.8) is 0 Å². The molecule has 0 aliphatic heterocycles. The molecule has 1 amide bonds. The van der Waals surface area contributed by atoms with Gasteiger partial charge in [-0.05, 0) is 36.4 Å². The Morgan fingerprint density at radius 1 is 1.39 bits per heavy atom. The first-order valence-electron chi connectivity index (χ1n) is 6.90. The zero-order valence-electron chi connectivity index (χ0n) is 12.4. The summed E-state index contributed by atoms with van der Waals surface area (Å²) in [5, 5.41) is 6.86. The van der Waals surface area contributed by atoms with Crippen LogP contribution in [0.1, 0.15) is 16.3 Å². The second-order valence-electron chi connectivity index (χ2n) is 4.81. The van der Waals surface area contributed by atoms with Crippen LogP contribution < -0.4 is 10.1 Å². The first-order valence-corrected chi connectivity index (χ1v) is 7.35. The standard InChI is InChI=1S/C16H15N3O3S/c1-21-14-6-4-12(23)9-13(14)18-16(20)15-5-3-11(22-15)10-19-8-2-7-17-19/h2-9,23H,10H2,1H3,(H,18,20). The van der Waals surface area contributed by atoms with Gasteiger partial charge in [0.25, 0.3) is 5.91 Å². The van der Waals surface area contributed by atoms with Gasteiger partial charge in [0.1, 0.15) is 11.5 Å². The number of carbonyl (C=O) groups is 1. The Morgan fingerprint density at radius 2 is 2.26 bits per heavy atom. The summed E-state index contributed by atoms with van der Waals surface area (Å²) >= 11 is 4.26. The van der Waals surface area contributed by atoms with Crippen LogP contribution >= 0.6 is 12.6 Å². The molecule has 0 aliphatic rings. The second-order valence-corrected chi connectivity index (χ2v) is 5.32. The highest BCUT2D eigenvalue weighted by Crippen LogP contribution is 2.27. The van der Waals surface area contributed by atoms with Gasteiger partial charge in [-0.2, -0.15) is 5.10 Å². The van der Waals surface area contributed by atoms with E-state index in [2.05, 4.69) is 23.0 Å². The van der Waals surface area contributed by atoms with Gasteiger partial charge in [-0.1, -0.05) is 0 Å². The van der Waals surface area contributed by atoms with Gasteiger partial charge < -0.3 is 14.5 Å². The summed E-state index contributed by atoms with van der Waals surface area (Å²) < 4.78 is 12.5. The quantitative estimate of drug-likeness (QED) is 0.706. The highest BCUT2D eigenvalue weighted by molar-refractivity contribution is 7.80. The predicted octanol–water partition coefficient (Wildman–Crippen LogP) is 3.07. The maximum absolute atomic E-state index is 12.3. The molecule has 3 aromatic rings. The Hall–Kier alpha value is -2.67. The number of amides is 1. The number of ether oxygens (including phenoxy) is 1. The number of hydrogen-bond acceptors (Lipinski definition) is 5. The molecule has 118 valence electrons.